The van der Waals surface area contributed by atoms with Gasteiger partial charge < -0.3 is 5.32 Å². The molecule has 1 aliphatic rings. The maximum absolute atomic E-state index is 12.1. The van der Waals surface area contributed by atoms with Crippen molar-refractivity contribution in [3.8, 4) is 0 Å². The van der Waals surface area contributed by atoms with E-state index < -0.39 is 4.92 Å². The molecular formula is C14H17BrN2O3. The molecule has 0 atom stereocenters. The first-order chi connectivity index (χ1) is 9.47. The summed E-state index contributed by atoms with van der Waals surface area (Å²) in [5.74, 6) is -0.247. The van der Waals surface area contributed by atoms with Crippen LogP contribution < -0.4 is 5.32 Å². The molecular weight excluding hydrogens is 324 g/mol. The van der Waals surface area contributed by atoms with Crippen LogP contribution in [0.3, 0.4) is 0 Å². The van der Waals surface area contributed by atoms with Crippen molar-refractivity contribution in [2.24, 2.45) is 5.41 Å². The van der Waals surface area contributed by atoms with Crippen molar-refractivity contribution in [3.63, 3.8) is 0 Å². The lowest BCUT2D eigenvalue weighted by Crippen LogP contribution is -2.30. The van der Waals surface area contributed by atoms with Crippen LogP contribution in [-0.4, -0.2) is 17.4 Å². The first kappa shape index (κ1) is 15.0. The number of rotatable bonds is 6. The van der Waals surface area contributed by atoms with Crippen molar-refractivity contribution >= 4 is 27.5 Å². The van der Waals surface area contributed by atoms with Gasteiger partial charge in [0, 0.05) is 18.2 Å². The van der Waals surface area contributed by atoms with Gasteiger partial charge >= 0.3 is 0 Å². The Hall–Kier alpha value is -1.43. The molecule has 1 N–H and O–H groups in total. The Bertz CT molecular complexity index is 541. The van der Waals surface area contributed by atoms with Crippen LogP contribution in [0, 0.1) is 15.5 Å². The van der Waals surface area contributed by atoms with E-state index in [1.54, 1.807) is 6.07 Å². The predicted octanol–water partition coefficient (Wildman–Crippen LogP) is 3.67. The lowest BCUT2D eigenvalue weighted by Gasteiger charge is -2.14. The summed E-state index contributed by atoms with van der Waals surface area (Å²) >= 11 is 3.11. The highest BCUT2D eigenvalue weighted by molar-refractivity contribution is 9.10. The van der Waals surface area contributed by atoms with Crippen molar-refractivity contribution in [2.45, 2.75) is 32.6 Å². The van der Waals surface area contributed by atoms with Crippen molar-refractivity contribution in [2.75, 3.05) is 6.54 Å². The van der Waals surface area contributed by atoms with E-state index in [1.165, 1.54) is 12.1 Å². The molecule has 108 valence electrons. The van der Waals surface area contributed by atoms with E-state index in [2.05, 4.69) is 28.2 Å². The number of carbonyl (C=O) groups is 1. The van der Waals surface area contributed by atoms with Gasteiger partial charge in [-0.05, 0) is 52.7 Å². The number of nitro groups is 1. The van der Waals surface area contributed by atoms with Crippen LogP contribution in [-0.2, 0) is 0 Å². The summed E-state index contributed by atoms with van der Waals surface area (Å²) in [6.45, 7) is 2.80. The van der Waals surface area contributed by atoms with Gasteiger partial charge in [-0.1, -0.05) is 13.3 Å². The Morgan fingerprint density at radius 1 is 1.50 bits per heavy atom. The fourth-order valence-electron chi connectivity index (χ4n) is 2.39. The number of benzene rings is 1. The molecule has 1 aromatic rings. The second-order valence-corrected chi connectivity index (χ2v) is 6.21. The van der Waals surface area contributed by atoms with Crippen LogP contribution in [0.2, 0.25) is 0 Å². The summed E-state index contributed by atoms with van der Waals surface area (Å²) in [7, 11) is 0. The van der Waals surface area contributed by atoms with Gasteiger partial charge in [0.1, 0.15) is 0 Å². The minimum atomic E-state index is -0.500. The number of amides is 1. The fourth-order valence-corrected chi connectivity index (χ4v) is 2.78. The van der Waals surface area contributed by atoms with Gasteiger partial charge in [0.15, 0.2) is 0 Å². The molecule has 6 heteroatoms. The van der Waals surface area contributed by atoms with Gasteiger partial charge in [0.2, 0.25) is 0 Å². The minimum absolute atomic E-state index is 0.0904. The SMILES string of the molecule is CCCC1(CNC(=O)c2ccc(Br)c([N+](=O)[O-])c2)CC1. The topological polar surface area (TPSA) is 72.2 Å². The quantitative estimate of drug-likeness (QED) is 0.634. The summed E-state index contributed by atoms with van der Waals surface area (Å²) in [5.41, 5.74) is 0.505. The number of nitrogens with zero attached hydrogens (tertiary/aromatic N) is 1. The van der Waals surface area contributed by atoms with Crippen molar-refractivity contribution in [3.05, 3.63) is 38.3 Å². The number of hydrogen-bond donors (Lipinski definition) is 1. The predicted molar refractivity (Wildman–Crippen MR) is 79.7 cm³/mol. The summed E-state index contributed by atoms with van der Waals surface area (Å²) < 4.78 is 0.378. The molecule has 5 nitrogen and oxygen atoms in total. The molecule has 2 rings (SSSR count). The molecule has 1 amide bonds. The van der Waals surface area contributed by atoms with Crippen LogP contribution in [0.15, 0.2) is 22.7 Å². The maximum atomic E-state index is 12.1. The van der Waals surface area contributed by atoms with Crippen LogP contribution in [0.25, 0.3) is 0 Å². The zero-order valence-corrected chi connectivity index (χ0v) is 12.9. The Morgan fingerprint density at radius 2 is 2.20 bits per heavy atom. The summed E-state index contributed by atoms with van der Waals surface area (Å²) in [5, 5.41) is 13.7. The highest BCUT2D eigenvalue weighted by atomic mass is 79.9. The first-order valence-electron chi connectivity index (χ1n) is 6.69. The van der Waals surface area contributed by atoms with Crippen LogP contribution in [0.5, 0.6) is 0 Å². The molecule has 0 aliphatic heterocycles. The standard InChI is InChI=1S/C14H17BrN2O3/c1-2-5-14(6-7-14)9-16-13(18)10-3-4-11(15)12(8-10)17(19)20/h3-4,8H,2,5-7,9H2,1H3,(H,16,18). The average molecular weight is 341 g/mol. The molecule has 0 spiro atoms. The zero-order chi connectivity index (χ0) is 14.8. The Labute approximate surface area is 126 Å². The molecule has 0 saturated heterocycles. The average Bonchev–Trinajstić information content (AvgIpc) is 3.17. The van der Waals surface area contributed by atoms with Gasteiger partial charge in [-0.2, -0.15) is 0 Å². The van der Waals surface area contributed by atoms with E-state index in [0.29, 0.717) is 16.6 Å². The molecule has 0 aromatic heterocycles. The number of nitro benzene ring substituents is 1. The van der Waals surface area contributed by atoms with Gasteiger partial charge in [-0.25, -0.2) is 0 Å². The Kier molecular flexibility index (Phi) is 4.42. The van der Waals surface area contributed by atoms with Gasteiger partial charge in [0.25, 0.3) is 11.6 Å². The number of halogens is 1. The van der Waals surface area contributed by atoms with Crippen LogP contribution in [0.1, 0.15) is 43.0 Å². The van der Waals surface area contributed by atoms with E-state index in [-0.39, 0.29) is 17.0 Å². The molecule has 20 heavy (non-hydrogen) atoms. The van der Waals surface area contributed by atoms with Crippen LogP contribution >= 0.6 is 15.9 Å². The molecule has 1 aliphatic carbocycles. The third-order valence-corrected chi connectivity index (χ3v) is 4.44. The molecule has 0 radical (unpaired) electrons. The van der Waals surface area contributed by atoms with Crippen LogP contribution in [0.4, 0.5) is 5.69 Å². The smallest absolute Gasteiger partial charge is 0.284 e. The second kappa shape index (κ2) is 5.91. The van der Waals surface area contributed by atoms with E-state index in [9.17, 15) is 14.9 Å². The maximum Gasteiger partial charge on any atom is 0.284 e. The largest absolute Gasteiger partial charge is 0.351 e. The third-order valence-electron chi connectivity index (χ3n) is 3.77. The third kappa shape index (κ3) is 3.36. The summed E-state index contributed by atoms with van der Waals surface area (Å²) in [6.07, 6.45) is 4.54. The Balaban J connectivity index is 2.03. The number of carbonyl (C=O) groups excluding carboxylic acids is 1. The molecule has 0 heterocycles. The normalized spacial score (nSPS) is 15.7. The monoisotopic (exact) mass is 340 g/mol. The van der Waals surface area contributed by atoms with E-state index in [0.717, 1.165) is 25.7 Å². The molecule has 1 saturated carbocycles. The van der Waals surface area contributed by atoms with E-state index in [4.69, 9.17) is 0 Å². The van der Waals surface area contributed by atoms with E-state index >= 15 is 0 Å². The van der Waals surface area contributed by atoms with Gasteiger partial charge in [0.05, 0.1) is 9.40 Å². The lowest BCUT2D eigenvalue weighted by atomic mass is 10.0. The minimum Gasteiger partial charge on any atom is -0.351 e. The summed E-state index contributed by atoms with van der Waals surface area (Å²) in [6, 6.07) is 4.43. The van der Waals surface area contributed by atoms with Crippen molar-refractivity contribution in [1.82, 2.24) is 5.32 Å². The van der Waals surface area contributed by atoms with Gasteiger partial charge in [-0.3, -0.25) is 14.9 Å². The number of hydrogen-bond acceptors (Lipinski definition) is 3. The highest BCUT2D eigenvalue weighted by Crippen LogP contribution is 2.48. The number of nitrogens with one attached hydrogen (secondary N) is 1. The van der Waals surface area contributed by atoms with E-state index in [1.807, 2.05) is 0 Å². The van der Waals surface area contributed by atoms with Gasteiger partial charge in [-0.15, -0.1) is 0 Å². The highest BCUT2D eigenvalue weighted by Gasteiger charge is 2.41. The first-order valence-corrected chi connectivity index (χ1v) is 7.49. The second-order valence-electron chi connectivity index (χ2n) is 5.36. The van der Waals surface area contributed by atoms with Crippen molar-refractivity contribution in [1.29, 1.82) is 0 Å². The zero-order valence-electron chi connectivity index (χ0n) is 11.3. The molecule has 1 fully saturated rings. The molecule has 0 bridgehead atoms. The fraction of sp³-hybridized carbons (Fsp3) is 0.500. The van der Waals surface area contributed by atoms with Crippen molar-refractivity contribution < 1.29 is 9.72 Å². The summed E-state index contributed by atoms with van der Waals surface area (Å²) in [4.78, 5) is 22.4. The Morgan fingerprint density at radius 3 is 2.75 bits per heavy atom. The lowest BCUT2D eigenvalue weighted by molar-refractivity contribution is -0.385. The molecule has 1 aromatic carbocycles. The molecule has 0 unspecified atom stereocenters.